The van der Waals surface area contributed by atoms with Gasteiger partial charge in [0.25, 0.3) is 5.91 Å². The van der Waals surface area contributed by atoms with Crippen LogP contribution in [0.4, 0.5) is 8.78 Å². The molecule has 0 aliphatic carbocycles. The van der Waals surface area contributed by atoms with Crippen LogP contribution in [0.15, 0.2) is 42.5 Å². The molecule has 0 fully saturated rings. The van der Waals surface area contributed by atoms with Gasteiger partial charge in [-0.25, -0.2) is 13.8 Å². The number of fused-ring (bicyclic) bond motifs is 1. The molecule has 148 valence electrons. The minimum Gasteiger partial charge on any atom is -0.331 e. The lowest BCUT2D eigenvalue weighted by molar-refractivity contribution is 0.0715. The maximum Gasteiger partial charge on any atom is 0.254 e. The number of halogens is 2. The molecule has 3 rings (SSSR count). The molecule has 4 nitrogen and oxygen atoms in total. The lowest BCUT2D eigenvalue weighted by Gasteiger charge is -2.25. The van der Waals surface area contributed by atoms with Crippen molar-refractivity contribution >= 4 is 16.9 Å². The number of aromatic nitrogens is 2. The highest BCUT2D eigenvalue weighted by Gasteiger charge is 2.21. The van der Waals surface area contributed by atoms with Gasteiger partial charge in [0.15, 0.2) is 11.6 Å². The highest BCUT2D eigenvalue weighted by molar-refractivity contribution is 5.94. The second-order valence-corrected chi connectivity index (χ2v) is 7.38. The quantitative estimate of drug-likeness (QED) is 0.573. The first-order valence-electron chi connectivity index (χ1n) is 9.59. The van der Waals surface area contributed by atoms with Crippen molar-refractivity contribution < 1.29 is 13.6 Å². The van der Waals surface area contributed by atoms with Crippen molar-refractivity contribution in [2.24, 2.45) is 5.92 Å². The first-order chi connectivity index (χ1) is 13.4. The molecular formula is C22H25F2N3O. The Hall–Kier alpha value is -2.76. The van der Waals surface area contributed by atoms with Gasteiger partial charge < -0.3 is 9.47 Å². The van der Waals surface area contributed by atoms with Gasteiger partial charge in [-0.3, -0.25) is 4.79 Å². The summed E-state index contributed by atoms with van der Waals surface area (Å²) in [6.07, 6.45) is 0.939. The summed E-state index contributed by atoms with van der Waals surface area (Å²) < 4.78 is 29.0. The van der Waals surface area contributed by atoms with Crippen LogP contribution in [-0.2, 0) is 13.1 Å². The van der Waals surface area contributed by atoms with E-state index in [-0.39, 0.29) is 17.4 Å². The summed E-state index contributed by atoms with van der Waals surface area (Å²) in [4.78, 5) is 19.4. The van der Waals surface area contributed by atoms with Crippen molar-refractivity contribution in [2.45, 2.75) is 40.3 Å². The standard InChI is InChI=1S/C22H25F2N3O/c1-4-11-27-20-8-6-5-7-19(20)25-21(27)14-26(13-15(2)3)22(28)16-9-10-17(23)18(24)12-16/h5-10,12,15H,4,11,13-14H2,1-3H3. The topological polar surface area (TPSA) is 38.1 Å². The first kappa shape index (κ1) is 20.0. The molecule has 0 bridgehead atoms. The molecule has 2 aromatic carbocycles. The molecular weight excluding hydrogens is 360 g/mol. The molecule has 0 aliphatic heterocycles. The average Bonchev–Trinajstić information content (AvgIpc) is 3.00. The van der Waals surface area contributed by atoms with Gasteiger partial charge in [-0.15, -0.1) is 0 Å². The molecule has 28 heavy (non-hydrogen) atoms. The van der Waals surface area contributed by atoms with Gasteiger partial charge in [0.05, 0.1) is 17.6 Å². The summed E-state index contributed by atoms with van der Waals surface area (Å²) in [6.45, 7) is 7.72. The van der Waals surface area contributed by atoms with Crippen LogP contribution in [0.5, 0.6) is 0 Å². The van der Waals surface area contributed by atoms with Crippen LogP contribution in [-0.4, -0.2) is 26.9 Å². The van der Waals surface area contributed by atoms with Gasteiger partial charge in [-0.1, -0.05) is 32.9 Å². The van der Waals surface area contributed by atoms with E-state index in [1.807, 2.05) is 38.1 Å². The van der Waals surface area contributed by atoms with Gasteiger partial charge in [0.2, 0.25) is 0 Å². The normalized spacial score (nSPS) is 11.4. The van der Waals surface area contributed by atoms with E-state index in [4.69, 9.17) is 4.98 Å². The predicted molar refractivity (Wildman–Crippen MR) is 106 cm³/mol. The van der Waals surface area contributed by atoms with Crippen LogP contribution in [0.1, 0.15) is 43.4 Å². The smallest absolute Gasteiger partial charge is 0.254 e. The van der Waals surface area contributed by atoms with Crippen molar-refractivity contribution in [2.75, 3.05) is 6.54 Å². The largest absolute Gasteiger partial charge is 0.331 e. The zero-order chi connectivity index (χ0) is 20.3. The molecule has 1 aromatic heterocycles. The summed E-state index contributed by atoms with van der Waals surface area (Å²) >= 11 is 0. The van der Waals surface area contributed by atoms with Crippen LogP contribution in [0.2, 0.25) is 0 Å². The lowest BCUT2D eigenvalue weighted by atomic mass is 10.1. The molecule has 0 saturated carbocycles. The molecule has 3 aromatic rings. The van der Waals surface area contributed by atoms with Crippen LogP contribution < -0.4 is 0 Å². The molecule has 0 unspecified atom stereocenters. The van der Waals surface area contributed by atoms with Crippen LogP contribution >= 0.6 is 0 Å². The summed E-state index contributed by atoms with van der Waals surface area (Å²) in [5, 5.41) is 0. The highest BCUT2D eigenvalue weighted by Crippen LogP contribution is 2.20. The fourth-order valence-electron chi connectivity index (χ4n) is 3.36. The molecule has 6 heteroatoms. The Morgan fingerprint density at radius 3 is 2.57 bits per heavy atom. The molecule has 0 N–H and O–H groups in total. The number of hydrogen-bond donors (Lipinski definition) is 0. The number of para-hydroxylation sites is 2. The average molecular weight is 385 g/mol. The second-order valence-electron chi connectivity index (χ2n) is 7.38. The lowest BCUT2D eigenvalue weighted by Crippen LogP contribution is -2.35. The van der Waals surface area contributed by atoms with Crippen molar-refractivity contribution in [3.63, 3.8) is 0 Å². The van der Waals surface area contributed by atoms with E-state index in [0.717, 1.165) is 42.0 Å². The molecule has 1 amide bonds. The predicted octanol–water partition coefficient (Wildman–Crippen LogP) is 5.02. The van der Waals surface area contributed by atoms with E-state index in [0.29, 0.717) is 13.1 Å². The highest BCUT2D eigenvalue weighted by atomic mass is 19.2. The Kier molecular flexibility index (Phi) is 6.07. The maximum atomic E-state index is 13.6. The van der Waals surface area contributed by atoms with Crippen molar-refractivity contribution in [3.8, 4) is 0 Å². The first-order valence-corrected chi connectivity index (χ1v) is 9.59. The SMILES string of the molecule is CCCn1c(CN(CC(C)C)C(=O)c2ccc(F)c(F)c2)nc2ccccc21. The van der Waals surface area contributed by atoms with Gasteiger partial charge in [0.1, 0.15) is 5.82 Å². The van der Waals surface area contributed by atoms with Crippen molar-refractivity contribution in [3.05, 3.63) is 65.5 Å². The van der Waals surface area contributed by atoms with Crippen LogP contribution in [0, 0.1) is 17.6 Å². The number of hydrogen-bond acceptors (Lipinski definition) is 2. The molecule has 1 heterocycles. The fraction of sp³-hybridized carbons (Fsp3) is 0.364. The van der Waals surface area contributed by atoms with E-state index in [2.05, 4.69) is 11.5 Å². The van der Waals surface area contributed by atoms with E-state index in [1.54, 1.807) is 4.90 Å². The van der Waals surface area contributed by atoms with E-state index < -0.39 is 11.6 Å². The van der Waals surface area contributed by atoms with Crippen molar-refractivity contribution in [1.29, 1.82) is 0 Å². The molecule has 0 radical (unpaired) electrons. The number of rotatable bonds is 7. The zero-order valence-electron chi connectivity index (χ0n) is 16.5. The number of amides is 1. The molecule has 0 spiro atoms. The van der Waals surface area contributed by atoms with Crippen LogP contribution in [0.25, 0.3) is 11.0 Å². The Balaban J connectivity index is 1.96. The van der Waals surface area contributed by atoms with Gasteiger partial charge in [-0.05, 0) is 42.7 Å². The number of nitrogens with zero attached hydrogens (tertiary/aromatic N) is 3. The van der Waals surface area contributed by atoms with Crippen LogP contribution in [0.3, 0.4) is 0 Å². The minimum atomic E-state index is -1.02. The third-order valence-electron chi connectivity index (χ3n) is 4.55. The van der Waals surface area contributed by atoms with E-state index >= 15 is 0 Å². The fourth-order valence-corrected chi connectivity index (χ4v) is 3.36. The Labute approximate surface area is 163 Å². The zero-order valence-corrected chi connectivity index (χ0v) is 16.5. The molecule has 0 atom stereocenters. The third-order valence-corrected chi connectivity index (χ3v) is 4.55. The summed E-state index contributed by atoms with van der Waals surface area (Å²) in [5.74, 6) is -1.30. The number of imidazole rings is 1. The molecule has 0 saturated heterocycles. The van der Waals surface area contributed by atoms with E-state index in [1.165, 1.54) is 6.07 Å². The second kappa shape index (κ2) is 8.50. The molecule has 0 aliphatic rings. The number of aryl methyl sites for hydroxylation is 1. The van der Waals surface area contributed by atoms with E-state index in [9.17, 15) is 13.6 Å². The van der Waals surface area contributed by atoms with Crippen molar-refractivity contribution in [1.82, 2.24) is 14.5 Å². The number of carbonyl (C=O) groups is 1. The number of carbonyl (C=O) groups excluding carboxylic acids is 1. The summed E-state index contributed by atoms with van der Waals surface area (Å²) in [5.41, 5.74) is 2.05. The summed E-state index contributed by atoms with van der Waals surface area (Å²) in [6, 6.07) is 11.2. The number of benzene rings is 2. The monoisotopic (exact) mass is 385 g/mol. The Bertz CT molecular complexity index is 981. The Morgan fingerprint density at radius 2 is 1.89 bits per heavy atom. The minimum absolute atomic E-state index is 0.137. The third kappa shape index (κ3) is 4.21. The van der Waals surface area contributed by atoms with Gasteiger partial charge in [-0.2, -0.15) is 0 Å². The van der Waals surface area contributed by atoms with Gasteiger partial charge >= 0.3 is 0 Å². The summed E-state index contributed by atoms with van der Waals surface area (Å²) in [7, 11) is 0. The van der Waals surface area contributed by atoms with Gasteiger partial charge in [0, 0.05) is 18.7 Å². The maximum absolute atomic E-state index is 13.6. The Morgan fingerprint density at radius 1 is 1.14 bits per heavy atom.